The largest absolute Gasteiger partial charge is 0.469 e. The molecule has 28 heavy (non-hydrogen) atoms. The lowest BCUT2D eigenvalue weighted by molar-refractivity contribution is -0.144. The number of methoxy groups -OCH3 is 1. The highest BCUT2D eigenvalue weighted by molar-refractivity contribution is 5.69. The van der Waals surface area contributed by atoms with Gasteiger partial charge in [0.2, 0.25) is 0 Å². The number of esters is 1. The van der Waals surface area contributed by atoms with Gasteiger partial charge in [-0.05, 0) is 39.5 Å². The molecule has 2 heterocycles. The first-order chi connectivity index (χ1) is 13.4. The van der Waals surface area contributed by atoms with Crippen molar-refractivity contribution in [3.8, 4) is 0 Å². The molecule has 0 aliphatic carbocycles. The van der Waals surface area contributed by atoms with E-state index in [4.69, 9.17) is 14.2 Å². The Bertz CT molecular complexity index is 645. The molecule has 2 rings (SSSR count). The highest BCUT2D eigenvalue weighted by Gasteiger charge is 2.39. The quantitative estimate of drug-likeness (QED) is 0.410. The lowest BCUT2D eigenvalue weighted by Gasteiger charge is -2.16. The van der Waals surface area contributed by atoms with Crippen LogP contribution in [0.1, 0.15) is 77.0 Å². The Morgan fingerprint density at radius 3 is 2.82 bits per heavy atom. The second-order valence-corrected chi connectivity index (χ2v) is 7.70. The van der Waals surface area contributed by atoms with Crippen LogP contribution in [0.3, 0.4) is 0 Å². The molecule has 1 aromatic rings. The van der Waals surface area contributed by atoms with Crippen LogP contribution >= 0.6 is 0 Å². The number of unbranched alkanes of at least 4 members (excludes halogenated alkanes) is 3. The second kappa shape index (κ2) is 11.3. The van der Waals surface area contributed by atoms with Gasteiger partial charge in [0.25, 0.3) is 0 Å². The molecule has 1 aromatic heterocycles. The summed E-state index contributed by atoms with van der Waals surface area (Å²) in [6.45, 7) is 6.05. The first kappa shape index (κ1) is 22.5. The van der Waals surface area contributed by atoms with Crippen LogP contribution in [-0.4, -0.2) is 41.0 Å². The number of carbonyl (C=O) groups excluding carboxylic acids is 1. The Kier molecular flexibility index (Phi) is 9.06. The van der Waals surface area contributed by atoms with Crippen molar-refractivity contribution in [3.05, 3.63) is 29.9 Å². The summed E-state index contributed by atoms with van der Waals surface area (Å²) in [6.07, 6.45) is 14.9. The number of nitrogens with zero attached hydrogens (tertiary/aromatic N) is 2. The second-order valence-electron chi connectivity index (χ2n) is 7.70. The fraction of sp³-hybridized carbons (Fsp3) is 0.682. The van der Waals surface area contributed by atoms with Crippen LogP contribution in [0.25, 0.3) is 6.08 Å². The lowest BCUT2D eigenvalue weighted by atomic mass is 10.0. The minimum atomic E-state index is -0.638. The van der Waals surface area contributed by atoms with Crippen molar-refractivity contribution < 1.29 is 19.0 Å². The van der Waals surface area contributed by atoms with E-state index in [2.05, 4.69) is 16.9 Å². The Hall–Kier alpha value is -1.79. The minimum Gasteiger partial charge on any atom is -0.469 e. The van der Waals surface area contributed by atoms with E-state index < -0.39 is 5.79 Å². The van der Waals surface area contributed by atoms with Gasteiger partial charge in [0.15, 0.2) is 5.79 Å². The SMILES string of the molecule is CCCCCCc1ncncc1/C=C/C1OC(C)(C)OC1CCCC(=O)OC. The Morgan fingerprint density at radius 2 is 2.07 bits per heavy atom. The number of aryl methyl sites for hydroxylation is 1. The maximum atomic E-state index is 11.3. The van der Waals surface area contributed by atoms with Crippen molar-refractivity contribution >= 4 is 12.0 Å². The molecule has 1 aliphatic heterocycles. The van der Waals surface area contributed by atoms with Crippen molar-refractivity contribution in [1.29, 1.82) is 0 Å². The summed E-state index contributed by atoms with van der Waals surface area (Å²) >= 11 is 0. The molecule has 0 bridgehead atoms. The van der Waals surface area contributed by atoms with E-state index in [1.54, 1.807) is 6.33 Å². The van der Waals surface area contributed by atoms with E-state index in [-0.39, 0.29) is 18.2 Å². The molecule has 0 radical (unpaired) electrons. The van der Waals surface area contributed by atoms with Crippen LogP contribution < -0.4 is 0 Å². The van der Waals surface area contributed by atoms with Gasteiger partial charge in [-0.2, -0.15) is 0 Å². The summed E-state index contributed by atoms with van der Waals surface area (Å²) in [5.41, 5.74) is 2.10. The van der Waals surface area contributed by atoms with Gasteiger partial charge in [-0.3, -0.25) is 4.79 Å². The van der Waals surface area contributed by atoms with Crippen LogP contribution in [0.4, 0.5) is 0 Å². The predicted molar refractivity (Wildman–Crippen MR) is 109 cm³/mol. The molecule has 1 saturated heterocycles. The number of ether oxygens (including phenoxy) is 3. The standard InChI is InChI=1S/C22H34N2O4/c1-5-6-7-8-10-18-17(15-23-16-24-18)13-14-20-19(27-22(2,3)28-20)11-9-12-21(25)26-4/h13-16,19-20H,5-12H2,1-4H3/b14-13+. The fourth-order valence-electron chi connectivity index (χ4n) is 3.43. The third-order valence-corrected chi connectivity index (χ3v) is 4.88. The van der Waals surface area contributed by atoms with Gasteiger partial charge in [0.05, 0.1) is 18.9 Å². The smallest absolute Gasteiger partial charge is 0.305 e. The van der Waals surface area contributed by atoms with Crippen LogP contribution in [0.2, 0.25) is 0 Å². The number of aromatic nitrogens is 2. The third-order valence-electron chi connectivity index (χ3n) is 4.88. The summed E-state index contributed by atoms with van der Waals surface area (Å²) in [4.78, 5) is 20.0. The highest BCUT2D eigenvalue weighted by atomic mass is 16.7. The van der Waals surface area contributed by atoms with Gasteiger partial charge in [-0.15, -0.1) is 0 Å². The number of hydrogen-bond donors (Lipinski definition) is 0. The van der Waals surface area contributed by atoms with Gasteiger partial charge in [0.1, 0.15) is 12.4 Å². The van der Waals surface area contributed by atoms with E-state index in [1.807, 2.05) is 32.2 Å². The molecule has 1 aliphatic rings. The summed E-state index contributed by atoms with van der Waals surface area (Å²) in [7, 11) is 1.41. The average molecular weight is 391 g/mol. The van der Waals surface area contributed by atoms with E-state index in [0.717, 1.165) is 30.5 Å². The van der Waals surface area contributed by atoms with E-state index in [9.17, 15) is 4.79 Å². The Labute approximate surface area is 168 Å². The molecule has 1 fully saturated rings. The number of carbonyl (C=O) groups is 1. The van der Waals surface area contributed by atoms with Crippen LogP contribution in [0.5, 0.6) is 0 Å². The normalized spacial score (nSPS) is 21.3. The average Bonchev–Trinajstić information content (AvgIpc) is 2.97. The monoisotopic (exact) mass is 390 g/mol. The highest BCUT2D eigenvalue weighted by Crippen LogP contribution is 2.32. The molecule has 0 amide bonds. The fourth-order valence-corrected chi connectivity index (χ4v) is 3.43. The topological polar surface area (TPSA) is 70.5 Å². The zero-order chi connectivity index (χ0) is 20.4. The number of hydrogen-bond acceptors (Lipinski definition) is 6. The van der Waals surface area contributed by atoms with Gasteiger partial charge in [-0.1, -0.05) is 38.3 Å². The van der Waals surface area contributed by atoms with Crippen LogP contribution in [0, 0.1) is 0 Å². The molecule has 6 nitrogen and oxygen atoms in total. The van der Waals surface area contributed by atoms with Crippen molar-refractivity contribution in [3.63, 3.8) is 0 Å². The molecule has 6 heteroatoms. The zero-order valence-electron chi connectivity index (χ0n) is 17.6. The summed E-state index contributed by atoms with van der Waals surface area (Å²) in [5.74, 6) is -0.833. The van der Waals surface area contributed by atoms with Crippen molar-refractivity contribution in [2.75, 3.05) is 7.11 Å². The Morgan fingerprint density at radius 1 is 1.25 bits per heavy atom. The van der Waals surface area contributed by atoms with Gasteiger partial charge >= 0.3 is 5.97 Å². The summed E-state index contributed by atoms with van der Waals surface area (Å²) in [5, 5.41) is 0. The third kappa shape index (κ3) is 7.32. The lowest BCUT2D eigenvalue weighted by Crippen LogP contribution is -2.21. The predicted octanol–water partition coefficient (Wildman–Crippen LogP) is 4.48. The van der Waals surface area contributed by atoms with E-state index >= 15 is 0 Å². The summed E-state index contributed by atoms with van der Waals surface area (Å²) < 4.78 is 16.8. The Balaban J connectivity index is 1.99. The van der Waals surface area contributed by atoms with Crippen molar-refractivity contribution in [1.82, 2.24) is 9.97 Å². The zero-order valence-corrected chi connectivity index (χ0v) is 17.6. The molecule has 0 saturated carbocycles. The van der Waals surface area contributed by atoms with Gasteiger partial charge in [0, 0.05) is 18.2 Å². The first-order valence-corrected chi connectivity index (χ1v) is 10.3. The minimum absolute atomic E-state index is 0.0893. The van der Waals surface area contributed by atoms with E-state index in [1.165, 1.54) is 26.4 Å². The molecule has 2 unspecified atom stereocenters. The molecular weight excluding hydrogens is 356 g/mol. The maximum Gasteiger partial charge on any atom is 0.305 e. The van der Waals surface area contributed by atoms with Crippen LogP contribution in [-0.2, 0) is 25.4 Å². The molecule has 156 valence electrons. The number of rotatable bonds is 11. The summed E-state index contributed by atoms with van der Waals surface area (Å²) in [6, 6.07) is 0. The van der Waals surface area contributed by atoms with E-state index in [0.29, 0.717) is 12.8 Å². The molecule has 0 N–H and O–H groups in total. The van der Waals surface area contributed by atoms with Crippen LogP contribution in [0.15, 0.2) is 18.6 Å². The molecular formula is C22H34N2O4. The molecule has 2 atom stereocenters. The van der Waals surface area contributed by atoms with Gasteiger partial charge in [-0.25, -0.2) is 9.97 Å². The first-order valence-electron chi connectivity index (χ1n) is 10.3. The van der Waals surface area contributed by atoms with Crippen molar-refractivity contribution in [2.45, 2.75) is 90.1 Å². The molecule has 0 aromatic carbocycles. The maximum absolute atomic E-state index is 11.3. The molecule has 0 spiro atoms. The van der Waals surface area contributed by atoms with Gasteiger partial charge < -0.3 is 14.2 Å². The van der Waals surface area contributed by atoms with Crippen molar-refractivity contribution in [2.24, 2.45) is 0 Å².